The average molecular weight is 252 g/mol. The van der Waals surface area contributed by atoms with E-state index in [4.69, 9.17) is 10.2 Å². The molecule has 0 fully saturated rings. The summed E-state index contributed by atoms with van der Waals surface area (Å²) in [5.41, 5.74) is -0.221. The minimum Gasteiger partial charge on any atom is -0.508 e. The highest BCUT2D eigenvalue weighted by atomic mass is 16.4. The van der Waals surface area contributed by atoms with Crippen LogP contribution in [0.3, 0.4) is 0 Å². The van der Waals surface area contributed by atoms with E-state index in [1.54, 1.807) is 24.3 Å². The molecule has 1 aromatic rings. The molecule has 18 heavy (non-hydrogen) atoms. The Kier molecular flexibility index (Phi) is 4.73. The van der Waals surface area contributed by atoms with Crippen molar-refractivity contribution in [1.82, 2.24) is 0 Å². The number of hydrogen-bond acceptors (Lipinski definition) is 3. The number of aryl methyl sites for hydroxylation is 1. The zero-order valence-electron chi connectivity index (χ0n) is 10.8. The number of benzene rings is 1. The molecule has 3 N–H and O–H groups in total. The third-order valence-corrected chi connectivity index (χ3v) is 3.31. The molecule has 4 heteroatoms. The van der Waals surface area contributed by atoms with Crippen LogP contribution in [0, 0.1) is 5.92 Å². The van der Waals surface area contributed by atoms with E-state index in [0.29, 0.717) is 12.8 Å². The van der Waals surface area contributed by atoms with Gasteiger partial charge in [-0.05, 0) is 36.5 Å². The van der Waals surface area contributed by atoms with Gasteiger partial charge in [0.1, 0.15) is 5.75 Å². The Morgan fingerprint density at radius 3 is 2.28 bits per heavy atom. The molecule has 0 spiro atoms. The number of carboxylic acid groups (broad SMARTS) is 1. The summed E-state index contributed by atoms with van der Waals surface area (Å²) >= 11 is 0. The topological polar surface area (TPSA) is 77.8 Å². The summed E-state index contributed by atoms with van der Waals surface area (Å²) in [4.78, 5) is 10.8. The Hall–Kier alpha value is -1.55. The van der Waals surface area contributed by atoms with Gasteiger partial charge in [0.2, 0.25) is 0 Å². The second kappa shape index (κ2) is 5.87. The Labute approximate surface area is 107 Å². The number of aliphatic carboxylic acids is 1. The molecule has 0 aliphatic rings. The first-order valence-electron chi connectivity index (χ1n) is 6.05. The molecule has 100 valence electrons. The molecule has 0 aromatic heterocycles. The third kappa shape index (κ3) is 4.04. The molecule has 0 aliphatic heterocycles. The summed E-state index contributed by atoms with van der Waals surface area (Å²) in [5.74, 6) is -0.911. The van der Waals surface area contributed by atoms with Crippen molar-refractivity contribution in [3.63, 3.8) is 0 Å². The molecule has 1 atom stereocenters. The van der Waals surface area contributed by atoms with Gasteiger partial charge in [-0.1, -0.05) is 26.0 Å². The van der Waals surface area contributed by atoms with Gasteiger partial charge in [0.25, 0.3) is 0 Å². The van der Waals surface area contributed by atoms with Crippen LogP contribution >= 0.6 is 0 Å². The molecule has 0 aliphatic carbocycles. The lowest BCUT2D eigenvalue weighted by molar-refractivity contribution is -0.145. The lowest BCUT2D eigenvalue weighted by Gasteiger charge is -2.30. The smallest absolute Gasteiger partial charge is 0.306 e. The summed E-state index contributed by atoms with van der Waals surface area (Å²) in [6.07, 6.45) is 0.729. The second-order valence-electron chi connectivity index (χ2n) is 5.00. The maximum absolute atomic E-state index is 10.8. The normalized spacial score (nSPS) is 14.4. The molecule has 0 heterocycles. The standard InChI is InChI=1S/C14H20O4/c1-10(2)14(18,9-13(16)17)8-7-11-3-5-12(15)6-4-11/h3-6,10,15,18H,7-9H2,1-2H3,(H,16,17)/t14-/m0/s1. The third-order valence-electron chi connectivity index (χ3n) is 3.31. The molecular formula is C14H20O4. The molecule has 0 unspecified atom stereocenters. The van der Waals surface area contributed by atoms with E-state index >= 15 is 0 Å². The van der Waals surface area contributed by atoms with E-state index < -0.39 is 11.6 Å². The number of aromatic hydroxyl groups is 1. The highest BCUT2D eigenvalue weighted by molar-refractivity contribution is 5.68. The van der Waals surface area contributed by atoms with Gasteiger partial charge < -0.3 is 15.3 Å². The van der Waals surface area contributed by atoms with Gasteiger partial charge in [0, 0.05) is 0 Å². The van der Waals surface area contributed by atoms with Crippen LogP contribution in [0.4, 0.5) is 0 Å². The minimum atomic E-state index is -1.19. The first-order valence-corrected chi connectivity index (χ1v) is 6.05. The highest BCUT2D eigenvalue weighted by Gasteiger charge is 2.33. The van der Waals surface area contributed by atoms with Gasteiger partial charge in [-0.25, -0.2) is 0 Å². The first kappa shape index (κ1) is 14.5. The Morgan fingerprint density at radius 2 is 1.83 bits per heavy atom. The van der Waals surface area contributed by atoms with E-state index in [9.17, 15) is 9.90 Å². The van der Waals surface area contributed by atoms with Crippen LogP contribution in [0.25, 0.3) is 0 Å². The molecule has 4 nitrogen and oxygen atoms in total. The number of rotatable bonds is 6. The minimum absolute atomic E-state index is 0.120. The maximum Gasteiger partial charge on any atom is 0.306 e. The van der Waals surface area contributed by atoms with E-state index in [1.807, 2.05) is 13.8 Å². The van der Waals surface area contributed by atoms with Crippen molar-refractivity contribution in [3.05, 3.63) is 29.8 Å². The van der Waals surface area contributed by atoms with Crippen molar-refractivity contribution in [2.75, 3.05) is 0 Å². The van der Waals surface area contributed by atoms with Crippen LogP contribution in [-0.4, -0.2) is 26.9 Å². The number of carboxylic acids is 1. The molecule has 1 rings (SSSR count). The number of phenolic OH excluding ortho intramolecular Hbond substituents is 1. The maximum atomic E-state index is 10.8. The average Bonchev–Trinajstić information content (AvgIpc) is 2.27. The fraction of sp³-hybridized carbons (Fsp3) is 0.500. The monoisotopic (exact) mass is 252 g/mol. The quantitative estimate of drug-likeness (QED) is 0.725. The lowest BCUT2D eigenvalue weighted by Crippen LogP contribution is -2.38. The summed E-state index contributed by atoms with van der Waals surface area (Å²) in [6.45, 7) is 3.64. The molecular weight excluding hydrogens is 232 g/mol. The Balaban J connectivity index is 2.67. The zero-order valence-corrected chi connectivity index (χ0v) is 10.8. The summed E-state index contributed by atoms with van der Waals surface area (Å²) in [7, 11) is 0. The van der Waals surface area contributed by atoms with Gasteiger partial charge in [-0.2, -0.15) is 0 Å². The fourth-order valence-corrected chi connectivity index (χ4v) is 1.87. The molecule has 0 saturated carbocycles. The van der Waals surface area contributed by atoms with Crippen LogP contribution in [0.1, 0.15) is 32.3 Å². The molecule has 0 radical (unpaired) electrons. The van der Waals surface area contributed by atoms with E-state index in [2.05, 4.69) is 0 Å². The summed E-state index contributed by atoms with van der Waals surface area (Å²) in [6, 6.07) is 6.72. The second-order valence-corrected chi connectivity index (χ2v) is 5.00. The highest BCUT2D eigenvalue weighted by Crippen LogP contribution is 2.27. The van der Waals surface area contributed by atoms with Gasteiger partial charge >= 0.3 is 5.97 Å². The van der Waals surface area contributed by atoms with Crippen LogP contribution in [-0.2, 0) is 11.2 Å². The van der Waals surface area contributed by atoms with Gasteiger partial charge in [-0.15, -0.1) is 0 Å². The molecule has 0 saturated heterocycles. The van der Waals surface area contributed by atoms with Crippen molar-refractivity contribution >= 4 is 5.97 Å². The van der Waals surface area contributed by atoms with Crippen LogP contribution in [0.2, 0.25) is 0 Å². The molecule has 0 bridgehead atoms. The van der Waals surface area contributed by atoms with E-state index in [-0.39, 0.29) is 18.1 Å². The number of carbonyl (C=O) groups is 1. The van der Waals surface area contributed by atoms with Crippen molar-refractivity contribution in [2.24, 2.45) is 5.92 Å². The Morgan fingerprint density at radius 1 is 1.28 bits per heavy atom. The number of hydrogen-bond donors (Lipinski definition) is 3. The van der Waals surface area contributed by atoms with Crippen molar-refractivity contribution < 1.29 is 20.1 Å². The van der Waals surface area contributed by atoms with Crippen LogP contribution in [0.15, 0.2) is 24.3 Å². The Bertz CT molecular complexity index is 397. The summed E-state index contributed by atoms with van der Waals surface area (Å²) in [5, 5.41) is 28.3. The largest absolute Gasteiger partial charge is 0.508 e. The van der Waals surface area contributed by atoms with E-state index in [0.717, 1.165) is 5.56 Å². The van der Waals surface area contributed by atoms with Crippen molar-refractivity contribution in [2.45, 2.75) is 38.7 Å². The zero-order chi connectivity index (χ0) is 13.8. The van der Waals surface area contributed by atoms with Crippen LogP contribution < -0.4 is 0 Å². The van der Waals surface area contributed by atoms with Gasteiger partial charge in [0.15, 0.2) is 0 Å². The predicted octanol–water partition coefficient (Wildman–Crippen LogP) is 2.19. The molecule has 0 amide bonds. The van der Waals surface area contributed by atoms with E-state index in [1.165, 1.54) is 0 Å². The van der Waals surface area contributed by atoms with Crippen molar-refractivity contribution in [1.29, 1.82) is 0 Å². The molecule has 1 aromatic carbocycles. The van der Waals surface area contributed by atoms with Gasteiger partial charge in [0.05, 0.1) is 12.0 Å². The first-order chi connectivity index (χ1) is 8.33. The lowest BCUT2D eigenvalue weighted by atomic mass is 9.82. The van der Waals surface area contributed by atoms with Crippen molar-refractivity contribution in [3.8, 4) is 5.75 Å². The fourth-order valence-electron chi connectivity index (χ4n) is 1.87. The number of aliphatic hydroxyl groups is 1. The summed E-state index contributed by atoms with van der Waals surface area (Å²) < 4.78 is 0. The number of phenols is 1. The van der Waals surface area contributed by atoms with Crippen LogP contribution in [0.5, 0.6) is 5.75 Å². The predicted molar refractivity (Wildman–Crippen MR) is 68.5 cm³/mol. The van der Waals surface area contributed by atoms with Gasteiger partial charge in [-0.3, -0.25) is 4.79 Å². The SMILES string of the molecule is CC(C)[C@](O)(CCc1ccc(O)cc1)CC(=O)O.